The molecule has 3 heteroatoms. The fourth-order valence-corrected chi connectivity index (χ4v) is 2.76. The first-order valence-corrected chi connectivity index (χ1v) is 8.27. The van der Waals surface area contributed by atoms with Crippen LogP contribution in [0, 0.1) is 13.8 Å². The fourth-order valence-electron chi connectivity index (χ4n) is 2.76. The van der Waals surface area contributed by atoms with Crippen molar-refractivity contribution in [1.29, 1.82) is 0 Å². The number of amides is 1. The Morgan fingerprint density at radius 1 is 0.880 bits per heavy atom. The van der Waals surface area contributed by atoms with Gasteiger partial charge in [-0.25, -0.2) is 0 Å². The van der Waals surface area contributed by atoms with Crippen LogP contribution in [0.15, 0.2) is 72.8 Å². The summed E-state index contributed by atoms with van der Waals surface area (Å²) in [6, 6.07) is 23.2. The number of carbonyl (C=O) groups is 1. The Kier molecular flexibility index (Phi) is 5.14. The number of anilines is 1. The summed E-state index contributed by atoms with van der Waals surface area (Å²) in [7, 11) is 0. The third-order valence-electron chi connectivity index (χ3n) is 3.85. The van der Waals surface area contributed by atoms with Crippen molar-refractivity contribution >= 4 is 11.6 Å². The molecule has 0 fully saturated rings. The van der Waals surface area contributed by atoms with E-state index in [1.165, 1.54) is 0 Å². The SMILES string of the molecule is Cc1cc(C)cc(NC(=O)c2ccccc2OCc2ccccc2)c1. The third kappa shape index (κ3) is 4.48. The van der Waals surface area contributed by atoms with E-state index in [9.17, 15) is 4.79 Å². The first-order valence-electron chi connectivity index (χ1n) is 8.27. The van der Waals surface area contributed by atoms with E-state index in [0.29, 0.717) is 17.9 Å². The van der Waals surface area contributed by atoms with Crippen LogP contribution in [-0.2, 0) is 6.61 Å². The molecule has 25 heavy (non-hydrogen) atoms. The number of hydrogen-bond acceptors (Lipinski definition) is 2. The van der Waals surface area contributed by atoms with Crippen LogP contribution in [0.3, 0.4) is 0 Å². The first-order chi connectivity index (χ1) is 12.1. The number of rotatable bonds is 5. The van der Waals surface area contributed by atoms with Gasteiger partial charge in [0.1, 0.15) is 12.4 Å². The summed E-state index contributed by atoms with van der Waals surface area (Å²) in [6.07, 6.45) is 0. The Bertz CT molecular complexity index is 852. The van der Waals surface area contributed by atoms with Gasteiger partial charge in [-0.3, -0.25) is 4.79 Å². The summed E-state index contributed by atoms with van der Waals surface area (Å²) in [6.45, 7) is 4.45. The molecule has 3 aromatic carbocycles. The number of nitrogens with one attached hydrogen (secondary N) is 1. The maximum Gasteiger partial charge on any atom is 0.259 e. The average molecular weight is 331 g/mol. The molecule has 0 aliphatic rings. The van der Waals surface area contributed by atoms with E-state index >= 15 is 0 Å². The number of carbonyl (C=O) groups excluding carboxylic acids is 1. The van der Waals surface area contributed by atoms with Crippen molar-refractivity contribution in [3.05, 3.63) is 95.1 Å². The number of aryl methyl sites for hydroxylation is 2. The van der Waals surface area contributed by atoms with Gasteiger partial charge in [-0.1, -0.05) is 48.5 Å². The highest BCUT2D eigenvalue weighted by Gasteiger charge is 2.13. The van der Waals surface area contributed by atoms with Gasteiger partial charge in [0.25, 0.3) is 5.91 Å². The quantitative estimate of drug-likeness (QED) is 0.703. The van der Waals surface area contributed by atoms with Crippen LogP contribution >= 0.6 is 0 Å². The van der Waals surface area contributed by atoms with E-state index in [4.69, 9.17) is 4.74 Å². The first kappa shape index (κ1) is 16.8. The van der Waals surface area contributed by atoms with Crippen molar-refractivity contribution in [1.82, 2.24) is 0 Å². The summed E-state index contributed by atoms with van der Waals surface area (Å²) in [5.41, 5.74) is 4.61. The lowest BCUT2D eigenvalue weighted by atomic mass is 10.1. The predicted octanol–water partition coefficient (Wildman–Crippen LogP) is 5.13. The van der Waals surface area contributed by atoms with Gasteiger partial charge in [-0.05, 0) is 54.8 Å². The third-order valence-corrected chi connectivity index (χ3v) is 3.85. The molecule has 126 valence electrons. The van der Waals surface area contributed by atoms with Crippen molar-refractivity contribution in [2.45, 2.75) is 20.5 Å². The molecule has 0 aliphatic heterocycles. The minimum atomic E-state index is -0.173. The molecule has 0 unspecified atom stereocenters. The standard InChI is InChI=1S/C22H21NO2/c1-16-12-17(2)14-19(13-16)23-22(24)20-10-6-7-11-21(20)25-15-18-8-4-3-5-9-18/h3-14H,15H2,1-2H3,(H,23,24). The molecule has 3 nitrogen and oxygen atoms in total. The molecule has 3 rings (SSSR count). The number of para-hydroxylation sites is 1. The number of ether oxygens (including phenoxy) is 1. The average Bonchev–Trinajstić information content (AvgIpc) is 2.60. The largest absolute Gasteiger partial charge is 0.488 e. The monoisotopic (exact) mass is 331 g/mol. The van der Waals surface area contributed by atoms with Crippen molar-refractivity contribution < 1.29 is 9.53 Å². The molecular weight excluding hydrogens is 310 g/mol. The molecule has 0 bridgehead atoms. The van der Waals surface area contributed by atoms with E-state index in [1.54, 1.807) is 6.07 Å². The molecule has 0 radical (unpaired) electrons. The normalized spacial score (nSPS) is 10.3. The summed E-state index contributed by atoms with van der Waals surface area (Å²) in [4.78, 5) is 12.7. The highest BCUT2D eigenvalue weighted by atomic mass is 16.5. The van der Waals surface area contributed by atoms with E-state index in [0.717, 1.165) is 22.4 Å². The topological polar surface area (TPSA) is 38.3 Å². The zero-order chi connectivity index (χ0) is 17.6. The van der Waals surface area contributed by atoms with Crippen LogP contribution in [0.25, 0.3) is 0 Å². The second kappa shape index (κ2) is 7.67. The highest BCUT2D eigenvalue weighted by molar-refractivity contribution is 6.06. The van der Waals surface area contributed by atoms with E-state index in [2.05, 4.69) is 11.4 Å². The molecule has 1 N–H and O–H groups in total. The van der Waals surface area contributed by atoms with Gasteiger partial charge in [0.15, 0.2) is 0 Å². The van der Waals surface area contributed by atoms with Gasteiger partial charge in [0, 0.05) is 5.69 Å². The molecule has 0 spiro atoms. The maximum absolute atomic E-state index is 12.7. The molecular formula is C22H21NO2. The van der Waals surface area contributed by atoms with Gasteiger partial charge >= 0.3 is 0 Å². The van der Waals surface area contributed by atoms with Crippen LogP contribution in [0.2, 0.25) is 0 Å². The van der Waals surface area contributed by atoms with Crippen LogP contribution < -0.4 is 10.1 Å². The zero-order valence-electron chi connectivity index (χ0n) is 14.5. The number of benzene rings is 3. The van der Waals surface area contributed by atoms with Crippen LogP contribution in [0.5, 0.6) is 5.75 Å². The van der Waals surface area contributed by atoms with Crippen LogP contribution in [0.1, 0.15) is 27.0 Å². The van der Waals surface area contributed by atoms with E-state index in [1.807, 2.05) is 74.5 Å². The summed E-state index contributed by atoms with van der Waals surface area (Å²) in [5, 5.41) is 2.96. The van der Waals surface area contributed by atoms with Crippen molar-refractivity contribution in [3.8, 4) is 5.75 Å². The van der Waals surface area contributed by atoms with Gasteiger partial charge in [-0.2, -0.15) is 0 Å². The molecule has 0 aromatic heterocycles. The molecule has 0 saturated carbocycles. The minimum Gasteiger partial charge on any atom is -0.488 e. The Hall–Kier alpha value is -3.07. The predicted molar refractivity (Wildman–Crippen MR) is 101 cm³/mol. The van der Waals surface area contributed by atoms with Gasteiger partial charge < -0.3 is 10.1 Å². The summed E-state index contributed by atoms with van der Waals surface area (Å²) in [5.74, 6) is 0.405. The van der Waals surface area contributed by atoms with Crippen molar-refractivity contribution in [3.63, 3.8) is 0 Å². The van der Waals surface area contributed by atoms with E-state index in [-0.39, 0.29) is 5.91 Å². The molecule has 0 aliphatic carbocycles. The molecule has 1 amide bonds. The minimum absolute atomic E-state index is 0.173. The van der Waals surface area contributed by atoms with Gasteiger partial charge in [0.05, 0.1) is 5.56 Å². The van der Waals surface area contributed by atoms with Gasteiger partial charge in [0.2, 0.25) is 0 Å². The molecule has 0 heterocycles. The summed E-state index contributed by atoms with van der Waals surface area (Å²) < 4.78 is 5.87. The lowest BCUT2D eigenvalue weighted by Gasteiger charge is -2.12. The Morgan fingerprint density at radius 3 is 2.24 bits per heavy atom. The smallest absolute Gasteiger partial charge is 0.259 e. The lowest BCUT2D eigenvalue weighted by molar-refractivity contribution is 0.102. The maximum atomic E-state index is 12.7. The van der Waals surface area contributed by atoms with Gasteiger partial charge in [-0.15, -0.1) is 0 Å². The van der Waals surface area contributed by atoms with Crippen molar-refractivity contribution in [2.24, 2.45) is 0 Å². The summed E-state index contributed by atoms with van der Waals surface area (Å²) >= 11 is 0. The second-order valence-corrected chi connectivity index (χ2v) is 6.10. The number of hydrogen-bond donors (Lipinski definition) is 1. The Morgan fingerprint density at radius 2 is 1.52 bits per heavy atom. The second-order valence-electron chi connectivity index (χ2n) is 6.10. The zero-order valence-corrected chi connectivity index (χ0v) is 14.5. The Labute approximate surface area is 148 Å². The van der Waals surface area contributed by atoms with E-state index < -0.39 is 0 Å². The molecule has 3 aromatic rings. The molecule has 0 saturated heterocycles. The Balaban J connectivity index is 1.76. The highest BCUT2D eigenvalue weighted by Crippen LogP contribution is 2.22. The molecule has 0 atom stereocenters. The lowest BCUT2D eigenvalue weighted by Crippen LogP contribution is -2.14. The van der Waals surface area contributed by atoms with Crippen LogP contribution in [0.4, 0.5) is 5.69 Å². The fraction of sp³-hybridized carbons (Fsp3) is 0.136. The van der Waals surface area contributed by atoms with Crippen molar-refractivity contribution in [2.75, 3.05) is 5.32 Å². The van der Waals surface area contributed by atoms with Crippen LogP contribution in [-0.4, -0.2) is 5.91 Å².